The van der Waals surface area contributed by atoms with Crippen molar-refractivity contribution in [2.75, 3.05) is 34.0 Å². The highest BCUT2D eigenvalue weighted by molar-refractivity contribution is 5.88. The molecule has 0 fully saturated rings. The summed E-state index contributed by atoms with van der Waals surface area (Å²) in [4.78, 5) is 11.2. The van der Waals surface area contributed by atoms with Crippen molar-refractivity contribution in [2.45, 2.75) is 38.6 Å². The van der Waals surface area contributed by atoms with Crippen LogP contribution >= 0.6 is 0 Å². The SMILES string of the molecule is COCC(C)NC/C(=C/CCCCC(=O)OC)COc1cccc2ccccc12. The molecular weight excluding hydrogens is 366 g/mol. The molecule has 0 aliphatic rings. The van der Waals surface area contributed by atoms with E-state index in [1.807, 2.05) is 24.3 Å². The van der Waals surface area contributed by atoms with E-state index in [-0.39, 0.29) is 12.0 Å². The molecule has 0 bridgehead atoms. The highest BCUT2D eigenvalue weighted by Gasteiger charge is 2.06. The van der Waals surface area contributed by atoms with Gasteiger partial charge in [-0.25, -0.2) is 0 Å². The number of ether oxygens (including phenoxy) is 3. The van der Waals surface area contributed by atoms with Gasteiger partial charge in [0.2, 0.25) is 0 Å². The number of carbonyl (C=O) groups excluding carboxylic acids is 1. The maximum atomic E-state index is 11.2. The Morgan fingerprint density at radius 3 is 2.69 bits per heavy atom. The Balaban J connectivity index is 1.96. The van der Waals surface area contributed by atoms with Gasteiger partial charge in [0.15, 0.2) is 0 Å². The first-order chi connectivity index (χ1) is 14.1. The first kappa shape index (κ1) is 22.9. The van der Waals surface area contributed by atoms with Gasteiger partial charge in [-0.1, -0.05) is 42.5 Å². The molecular formula is C24H33NO4. The molecule has 1 unspecified atom stereocenters. The van der Waals surface area contributed by atoms with Crippen molar-refractivity contribution in [3.8, 4) is 5.75 Å². The third kappa shape index (κ3) is 8.26. The first-order valence-electron chi connectivity index (χ1n) is 10.2. The van der Waals surface area contributed by atoms with E-state index >= 15 is 0 Å². The number of rotatable bonds is 13. The number of unbranched alkanes of at least 4 members (excludes halogenated alkanes) is 2. The Morgan fingerprint density at radius 2 is 1.90 bits per heavy atom. The Hall–Kier alpha value is -2.37. The smallest absolute Gasteiger partial charge is 0.305 e. The Labute approximate surface area is 174 Å². The lowest BCUT2D eigenvalue weighted by molar-refractivity contribution is -0.140. The Morgan fingerprint density at radius 1 is 1.10 bits per heavy atom. The molecule has 0 saturated carbocycles. The summed E-state index contributed by atoms with van der Waals surface area (Å²) < 4.78 is 16.1. The van der Waals surface area contributed by atoms with Crippen LogP contribution in [0.15, 0.2) is 54.1 Å². The molecule has 0 aliphatic carbocycles. The molecule has 5 heteroatoms. The third-order valence-electron chi connectivity index (χ3n) is 4.75. The summed E-state index contributed by atoms with van der Waals surface area (Å²) in [6.45, 7) is 4.03. The van der Waals surface area contributed by atoms with Crippen LogP contribution in [0.1, 0.15) is 32.6 Å². The molecule has 29 heavy (non-hydrogen) atoms. The van der Waals surface area contributed by atoms with Crippen LogP contribution < -0.4 is 10.1 Å². The summed E-state index contributed by atoms with van der Waals surface area (Å²) >= 11 is 0. The molecule has 0 amide bonds. The van der Waals surface area contributed by atoms with Gasteiger partial charge < -0.3 is 19.5 Å². The van der Waals surface area contributed by atoms with E-state index in [1.54, 1.807) is 7.11 Å². The second kappa shape index (κ2) is 13.0. The van der Waals surface area contributed by atoms with Gasteiger partial charge in [0.25, 0.3) is 0 Å². The van der Waals surface area contributed by atoms with E-state index in [2.05, 4.69) is 36.5 Å². The van der Waals surface area contributed by atoms with Gasteiger partial charge in [-0.2, -0.15) is 0 Å². The maximum absolute atomic E-state index is 11.2. The fourth-order valence-corrected chi connectivity index (χ4v) is 3.11. The molecule has 0 aromatic heterocycles. The Bertz CT molecular complexity index is 782. The van der Waals surface area contributed by atoms with E-state index in [0.717, 1.165) is 36.9 Å². The largest absolute Gasteiger partial charge is 0.489 e. The number of carbonyl (C=O) groups is 1. The zero-order chi connectivity index (χ0) is 20.9. The molecule has 1 N–H and O–H groups in total. The minimum absolute atomic E-state index is 0.149. The molecule has 0 heterocycles. The summed E-state index contributed by atoms with van der Waals surface area (Å²) in [6.07, 6.45) is 5.37. The van der Waals surface area contributed by atoms with Crippen molar-refractivity contribution in [3.63, 3.8) is 0 Å². The van der Waals surface area contributed by atoms with Gasteiger partial charge in [-0.15, -0.1) is 0 Å². The van der Waals surface area contributed by atoms with Crippen LogP contribution in [0, 0.1) is 0 Å². The summed E-state index contributed by atoms with van der Waals surface area (Å²) in [7, 11) is 3.14. The summed E-state index contributed by atoms with van der Waals surface area (Å²) in [5, 5.41) is 5.77. The number of esters is 1. The summed E-state index contributed by atoms with van der Waals surface area (Å²) in [6, 6.07) is 14.6. The average Bonchev–Trinajstić information content (AvgIpc) is 2.74. The number of allylic oxidation sites excluding steroid dienone is 1. The van der Waals surface area contributed by atoms with Gasteiger partial charge in [-0.05, 0) is 43.2 Å². The van der Waals surface area contributed by atoms with Crippen LogP contribution in [0.4, 0.5) is 0 Å². The lowest BCUT2D eigenvalue weighted by atomic mass is 10.1. The fourth-order valence-electron chi connectivity index (χ4n) is 3.11. The lowest BCUT2D eigenvalue weighted by Crippen LogP contribution is -2.32. The van der Waals surface area contributed by atoms with E-state index in [0.29, 0.717) is 19.6 Å². The molecule has 5 nitrogen and oxygen atoms in total. The molecule has 0 radical (unpaired) electrons. The Kier molecular flexibility index (Phi) is 10.2. The van der Waals surface area contributed by atoms with Crippen LogP contribution in [0.5, 0.6) is 5.75 Å². The highest BCUT2D eigenvalue weighted by atomic mass is 16.5. The highest BCUT2D eigenvalue weighted by Crippen LogP contribution is 2.25. The first-order valence-corrected chi connectivity index (χ1v) is 10.2. The molecule has 0 aliphatic heterocycles. The number of benzene rings is 2. The molecule has 1 atom stereocenters. The zero-order valence-electron chi connectivity index (χ0n) is 17.8. The van der Waals surface area contributed by atoms with Gasteiger partial charge in [0.1, 0.15) is 12.4 Å². The van der Waals surface area contributed by atoms with Crippen molar-refractivity contribution in [1.82, 2.24) is 5.32 Å². The summed E-state index contributed by atoms with van der Waals surface area (Å²) in [5.41, 5.74) is 1.19. The van der Waals surface area contributed by atoms with Crippen LogP contribution in [0.25, 0.3) is 10.8 Å². The van der Waals surface area contributed by atoms with Crippen molar-refractivity contribution in [3.05, 3.63) is 54.1 Å². The number of nitrogens with one attached hydrogen (secondary N) is 1. The second-order valence-electron chi connectivity index (χ2n) is 7.19. The third-order valence-corrected chi connectivity index (χ3v) is 4.75. The zero-order valence-corrected chi connectivity index (χ0v) is 17.8. The van der Waals surface area contributed by atoms with E-state index < -0.39 is 0 Å². The maximum Gasteiger partial charge on any atom is 0.305 e. The van der Waals surface area contributed by atoms with Gasteiger partial charge in [0, 0.05) is 31.5 Å². The molecule has 158 valence electrons. The van der Waals surface area contributed by atoms with Crippen molar-refractivity contribution in [2.24, 2.45) is 0 Å². The van der Waals surface area contributed by atoms with E-state index in [9.17, 15) is 4.79 Å². The molecule has 0 spiro atoms. The average molecular weight is 400 g/mol. The fraction of sp³-hybridized carbons (Fsp3) is 0.458. The van der Waals surface area contributed by atoms with Gasteiger partial charge >= 0.3 is 5.97 Å². The molecule has 2 aromatic carbocycles. The van der Waals surface area contributed by atoms with Crippen LogP contribution in [-0.2, 0) is 14.3 Å². The molecule has 0 saturated heterocycles. The topological polar surface area (TPSA) is 56.8 Å². The molecule has 2 rings (SSSR count). The van der Waals surface area contributed by atoms with Crippen LogP contribution in [0.3, 0.4) is 0 Å². The van der Waals surface area contributed by atoms with Crippen LogP contribution in [-0.4, -0.2) is 46.0 Å². The quantitative estimate of drug-likeness (QED) is 0.305. The minimum Gasteiger partial charge on any atom is -0.489 e. The monoisotopic (exact) mass is 399 g/mol. The number of hydrogen-bond donors (Lipinski definition) is 1. The van der Waals surface area contributed by atoms with Crippen molar-refractivity contribution in [1.29, 1.82) is 0 Å². The summed E-state index contributed by atoms with van der Waals surface area (Å²) in [5.74, 6) is 0.744. The predicted molar refractivity (Wildman–Crippen MR) is 117 cm³/mol. The van der Waals surface area contributed by atoms with Crippen molar-refractivity contribution < 1.29 is 19.0 Å². The van der Waals surface area contributed by atoms with Gasteiger partial charge in [-0.3, -0.25) is 4.79 Å². The second-order valence-corrected chi connectivity index (χ2v) is 7.19. The van der Waals surface area contributed by atoms with Crippen LogP contribution in [0.2, 0.25) is 0 Å². The number of hydrogen-bond acceptors (Lipinski definition) is 5. The van der Waals surface area contributed by atoms with Crippen molar-refractivity contribution >= 4 is 16.7 Å². The predicted octanol–water partition coefficient (Wildman–Crippen LogP) is 4.50. The molecule has 2 aromatic rings. The normalized spacial score (nSPS) is 12.7. The van der Waals surface area contributed by atoms with Gasteiger partial charge in [0.05, 0.1) is 13.7 Å². The lowest BCUT2D eigenvalue weighted by Gasteiger charge is -2.16. The minimum atomic E-state index is -0.149. The standard InChI is InChI=1S/C24H33NO4/c1-19(17-27-2)25-16-20(10-5-4-6-15-24(26)28-3)18-29-23-14-9-12-21-11-7-8-13-22(21)23/h7-14,19,25H,4-6,15-18H2,1-3H3/b20-10-. The number of methoxy groups -OCH3 is 2. The number of fused-ring (bicyclic) bond motifs is 1. The van der Waals surface area contributed by atoms with E-state index in [1.165, 1.54) is 18.1 Å². The van der Waals surface area contributed by atoms with E-state index in [4.69, 9.17) is 14.2 Å².